The van der Waals surface area contributed by atoms with Gasteiger partial charge in [0.25, 0.3) is 0 Å². The van der Waals surface area contributed by atoms with E-state index in [1.165, 1.54) is 0 Å². The van der Waals surface area contributed by atoms with Gasteiger partial charge < -0.3 is 19.7 Å². The van der Waals surface area contributed by atoms with Gasteiger partial charge in [-0.25, -0.2) is 0 Å². The number of benzene rings is 2. The molecular formula is C20H21ClN2O4. The quantitative estimate of drug-likeness (QED) is 0.740. The molecule has 7 heteroatoms. The second-order valence-electron chi connectivity index (χ2n) is 6.20. The molecule has 1 atom stereocenters. The van der Waals surface area contributed by atoms with E-state index in [9.17, 15) is 9.59 Å². The van der Waals surface area contributed by atoms with Crippen LogP contribution in [0.5, 0.6) is 11.5 Å². The molecule has 0 radical (unpaired) electrons. The largest absolute Gasteiger partial charge is 0.497 e. The Kier molecular flexibility index (Phi) is 6.19. The fourth-order valence-corrected chi connectivity index (χ4v) is 3.12. The molecule has 1 aliphatic heterocycles. The summed E-state index contributed by atoms with van der Waals surface area (Å²) in [7, 11) is 1.59. The third-order valence-electron chi connectivity index (χ3n) is 4.35. The van der Waals surface area contributed by atoms with E-state index >= 15 is 0 Å². The minimum Gasteiger partial charge on any atom is -0.497 e. The zero-order valence-electron chi connectivity index (χ0n) is 15.0. The maximum absolute atomic E-state index is 12.3. The van der Waals surface area contributed by atoms with Crippen molar-refractivity contribution in [1.29, 1.82) is 0 Å². The Hall–Kier alpha value is -2.73. The van der Waals surface area contributed by atoms with Crippen molar-refractivity contribution < 1.29 is 19.1 Å². The molecule has 1 heterocycles. The molecule has 0 saturated carbocycles. The highest BCUT2D eigenvalue weighted by molar-refractivity contribution is 6.30. The first kappa shape index (κ1) is 19.0. The van der Waals surface area contributed by atoms with Gasteiger partial charge in [-0.05, 0) is 42.5 Å². The lowest BCUT2D eigenvalue weighted by Gasteiger charge is -2.17. The van der Waals surface area contributed by atoms with Gasteiger partial charge in [-0.15, -0.1) is 0 Å². The first-order valence-electron chi connectivity index (χ1n) is 8.67. The maximum atomic E-state index is 12.3. The number of halogens is 1. The third kappa shape index (κ3) is 4.92. The molecule has 1 aliphatic rings. The summed E-state index contributed by atoms with van der Waals surface area (Å²) >= 11 is 5.90. The summed E-state index contributed by atoms with van der Waals surface area (Å²) in [5.74, 6) is 0.799. The number of nitrogens with zero attached hydrogens (tertiary/aromatic N) is 1. The number of nitrogens with one attached hydrogen (secondary N) is 1. The van der Waals surface area contributed by atoms with Crippen LogP contribution in [0.4, 0.5) is 5.69 Å². The lowest BCUT2D eigenvalue weighted by Crippen LogP contribution is -2.35. The van der Waals surface area contributed by atoms with Crippen LogP contribution in [0.1, 0.15) is 6.42 Å². The Bertz CT molecular complexity index is 810. The van der Waals surface area contributed by atoms with E-state index in [1.807, 2.05) is 12.1 Å². The van der Waals surface area contributed by atoms with Crippen LogP contribution in [0.3, 0.4) is 0 Å². The Balaban J connectivity index is 1.47. The summed E-state index contributed by atoms with van der Waals surface area (Å²) in [4.78, 5) is 26.2. The molecule has 1 unspecified atom stereocenters. The van der Waals surface area contributed by atoms with Crippen LogP contribution in [0.25, 0.3) is 0 Å². The molecule has 0 bridgehead atoms. The molecule has 142 valence electrons. The van der Waals surface area contributed by atoms with Crippen LogP contribution in [0.15, 0.2) is 48.5 Å². The van der Waals surface area contributed by atoms with Crippen molar-refractivity contribution in [1.82, 2.24) is 5.32 Å². The predicted octanol–water partition coefficient (Wildman–Crippen LogP) is 2.90. The van der Waals surface area contributed by atoms with Crippen LogP contribution in [0, 0.1) is 5.92 Å². The van der Waals surface area contributed by atoms with E-state index in [2.05, 4.69) is 5.32 Å². The van der Waals surface area contributed by atoms with E-state index in [1.54, 1.807) is 48.4 Å². The molecular weight excluding hydrogens is 368 g/mol. The van der Waals surface area contributed by atoms with Crippen molar-refractivity contribution >= 4 is 29.1 Å². The lowest BCUT2D eigenvalue weighted by atomic mass is 10.1. The van der Waals surface area contributed by atoms with Gasteiger partial charge in [0, 0.05) is 23.7 Å². The highest BCUT2D eigenvalue weighted by Gasteiger charge is 2.34. The van der Waals surface area contributed by atoms with Crippen molar-refractivity contribution in [3.63, 3.8) is 0 Å². The molecule has 2 aromatic carbocycles. The van der Waals surface area contributed by atoms with Crippen molar-refractivity contribution in [2.75, 3.05) is 31.7 Å². The highest BCUT2D eigenvalue weighted by atomic mass is 35.5. The van der Waals surface area contributed by atoms with Crippen LogP contribution in [0.2, 0.25) is 5.02 Å². The topological polar surface area (TPSA) is 67.9 Å². The normalized spacial score (nSPS) is 16.3. The number of anilines is 1. The molecule has 0 aliphatic carbocycles. The Morgan fingerprint density at radius 2 is 2.00 bits per heavy atom. The summed E-state index contributed by atoms with van der Waals surface area (Å²) in [5.41, 5.74) is 0.764. The van der Waals surface area contributed by atoms with Gasteiger partial charge in [0.2, 0.25) is 11.8 Å². The Morgan fingerprint density at radius 1 is 1.22 bits per heavy atom. The summed E-state index contributed by atoms with van der Waals surface area (Å²) in [6, 6.07) is 14.3. The number of ether oxygens (including phenoxy) is 2. The number of carbonyl (C=O) groups is 2. The summed E-state index contributed by atoms with van der Waals surface area (Å²) in [6.07, 6.45) is 0.201. The number of amides is 2. The highest BCUT2D eigenvalue weighted by Crippen LogP contribution is 2.26. The van der Waals surface area contributed by atoms with Gasteiger partial charge in [-0.3, -0.25) is 9.59 Å². The van der Waals surface area contributed by atoms with Gasteiger partial charge in [0.1, 0.15) is 18.1 Å². The molecule has 1 saturated heterocycles. The number of carbonyl (C=O) groups excluding carboxylic acids is 2. The average Bonchev–Trinajstić information content (AvgIpc) is 3.07. The van der Waals surface area contributed by atoms with Crippen LogP contribution < -0.4 is 19.7 Å². The Morgan fingerprint density at radius 3 is 2.70 bits per heavy atom. The number of rotatable bonds is 7. The summed E-state index contributed by atoms with van der Waals surface area (Å²) in [6.45, 7) is 1.06. The van der Waals surface area contributed by atoms with Crippen molar-refractivity contribution in [3.8, 4) is 11.5 Å². The summed E-state index contributed by atoms with van der Waals surface area (Å²) < 4.78 is 10.7. The van der Waals surface area contributed by atoms with Crippen LogP contribution in [-0.4, -0.2) is 38.6 Å². The zero-order valence-corrected chi connectivity index (χ0v) is 15.7. The first-order valence-corrected chi connectivity index (χ1v) is 9.05. The second kappa shape index (κ2) is 8.77. The van der Waals surface area contributed by atoms with Gasteiger partial charge in [0.15, 0.2) is 0 Å². The molecule has 27 heavy (non-hydrogen) atoms. The first-order chi connectivity index (χ1) is 13.1. The van der Waals surface area contributed by atoms with Gasteiger partial charge in [-0.2, -0.15) is 0 Å². The van der Waals surface area contributed by atoms with E-state index in [4.69, 9.17) is 21.1 Å². The maximum Gasteiger partial charge on any atom is 0.227 e. The fourth-order valence-electron chi connectivity index (χ4n) is 2.94. The van der Waals surface area contributed by atoms with Gasteiger partial charge >= 0.3 is 0 Å². The molecule has 1 fully saturated rings. The van der Waals surface area contributed by atoms with Crippen LogP contribution >= 0.6 is 11.6 Å². The molecule has 0 spiro atoms. The number of hydrogen-bond donors (Lipinski definition) is 1. The second-order valence-corrected chi connectivity index (χ2v) is 6.64. The van der Waals surface area contributed by atoms with E-state index in [0.29, 0.717) is 30.5 Å². The molecule has 2 amide bonds. The SMILES string of the molecule is COc1ccc(N2CC(C(=O)NCCOc3cccc(Cl)c3)CC2=O)cc1. The van der Waals surface area contributed by atoms with E-state index in [-0.39, 0.29) is 24.2 Å². The average molecular weight is 389 g/mol. The molecule has 6 nitrogen and oxygen atoms in total. The summed E-state index contributed by atoms with van der Waals surface area (Å²) in [5, 5.41) is 3.42. The number of hydrogen-bond acceptors (Lipinski definition) is 4. The zero-order chi connectivity index (χ0) is 19.2. The third-order valence-corrected chi connectivity index (χ3v) is 4.58. The van der Waals surface area contributed by atoms with Crippen molar-refractivity contribution in [3.05, 3.63) is 53.6 Å². The minimum atomic E-state index is -0.370. The molecule has 0 aromatic heterocycles. The standard InChI is InChI=1S/C20H21ClN2O4/c1-26-17-7-5-16(6-8-17)23-13-14(11-19(23)24)20(25)22-9-10-27-18-4-2-3-15(21)12-18/h2-8,12,14H,9-11,13H2,1H3,(H,22,25). The smallest absolute Gasteiger partial charge is 0.227 e. The predicted molar refractivity (Wildman–Crippen MR) is 103 cm³/mol. The van der Waals surface area contributed by atoms with Crippen molar-refractivity contribution in [2.45, 2.75) is 6.42 Å². The van der Waals surface area contributed by atoms with E-state index in [0.717, 1.165) is 11.4 Å². The molecule has 1 N–H and O–H groups in total. The minimum absolute atomic E-state index is 0.0597. The molecule has 3 rings (SSSR count). The monoisotopic (exact) mass is 388 g/mol. The Labute approximate surface area is 163 Å². The van der Waals surface area contributed by atoms with Gasteiger partial charge in [0.05, 0.1) is 19.6 Å². The van der Waals surface area contributed by atoms with Crippen molar-refractivity contribution in [2.24, 2.45) is 5.92 Å². The van der Waals surface area contributed by atoms with Crippen LogP contribution in [-0.2, 0) is 9.59 Å². The van der Waals surface area contributed by atoms with Gasteiger partial charge in [-0.1, -0.05) is 17.7 Å². The fraction of sp³-hybridized carbons (Fsp3) is 0.300. The van der Waals surface area contributed by atoms with E-state index < -0.39 is 0 Å². The molecule has 2 aromatic rings. The number of methoxy groups -OCH3 is 1. The lowest BCUT2D eigenvalue weighted by molar-refractivity contribution is -0.126.